The summed E-state index contributed by atoms with van der Waals surface area (Å²) in [5.74, 6) is -0.516. The van der Waals surface area contributed by atoms with Gasteiger partial charge in [0, 0.05) is 24.7 Å². The van der Waals surface area contributed by atoms with Crippen LogP contribution in [-0.4, -0.2) is 60.4 Å². The summed E-state index contributed by atoms with van der Waals surface area (Å²) in [5.41, 5.74) is 1.01. The Morgan fingerprint density at radius 1 is 1.15 bits per heavy atom. The highest BCUT2D eigenvalue weighted by Gasteiger charge is 2.46. The first-order valence-corrected chi connectivity index (χ1v) is 11.4. The summed E-state index contributed by atoms with van der Waals surface area (Å²) in [7, 11) is 1.72. The van der Waals surface area contributed by atoms with Gasteiger partial charge in [-0.2, -0.15) is 0 Å². The van der Waals surface area contributed by atoms with Crippen LogP contribution in [0.3, 0.4) is 0 Å². The van der Waals surface area contributed by atoms with Crippen molar-refractivity contribution in [3.8, 4) is 0 Å². The van der Waals surface area contributed by atoms with Crippen molar-refractivity contribution in [2.45, 2.75) is 51.2 Å². The number of carbonyl (C=O) groups excluding carboxylic acids is 2. The van der Waals surface area contributed by atoms with Crippen LogP contribution < -0.4 is 5.32 Å². The molecule has 2 heterocycles. The van der Waals surface area contributed by atoms with Crippen molar-refractivity contribution in [3.05, 3.63) is 30.0 Å². The van der Waals surface area contributed by atoms with Crippen LogP contribution in [0.25, 0.3) is 11.0 Å². The molecule has 33 heavy (non-hydrogen) atoms. The van der Waals surface area contributed by atoms with E-state index in [1.807, 2.05) is 0 Å². The number of fused-ring (bicyclic) bond motifs is 1. The van der Waals surface area contributed by atoms with Gasteiger partial charge in [-0.05, 0) is 75.1 Å². The van der Waals surface area contributed by atoms with Crippen molar-refractivity contribution in [1.82, 2.24) is 4.90 Å². The molecule has 2 amide bonds. The van der Waals surface area contributed by atoms with Crippen molar-refractivity contribution in [2.24, 2.45) is 11.8 Å². The molecular weight excluding hydrogens is 428 g/mol. The first-order chi connectivity index (χ1) is 15.9. The SMILES string of the molecule is CCOC(=O)c1cc2cc(NC(=O)[C@H]3[C@@H]([C@H]4CC[C@H](OC)CC4)CCN3C(=O)O)ccc2o1. The summed E-state index contributed by atoms with van der Waals surface area (Å²) in [4.78, 5) is 38.3. The maximum atomic E-state index is 13.3. The third-order valence-electron chi connectivity index (χ3n) is 6.88. The van der Waals surface area contributed by atoms with Gasteiger partial charge in [0.05, 0.1) is 12.7 Å². The van der Waals surface area contributed by atoms with Crippen molar-refractivity contribution in [3.63, 3.8) is 0 Å². The lowest BCUT2D eigenvalue weighted by atomic mass is 9.75. The first kappa shape index (κ1) is 23.1. The Hall–Kier alpha value is -3.07. The van der Waals surface area contributed by atoms with Gasteiger partial charge >= 0.3 is 12.1 Å². The Labute approximate surface area is 192 Å². The van der Waals surface area contributed by atoms with Gasteiger partial charge in [0.15, 0.2) is 0 Å². The highest BCUT2D eigenvalue weighted by Crippen LogP contribution is 2.40. The molecule has 9 heteroatoms. The van der Waals surface area contributed by atoms with E-state index in [1.54, 1.807) is 38.3 Å². The number of methoxy groups -OCH3 is 1. The zero-order valence-corrected chi connectivity index (χ0v) is 18.9. The second kappa shape index (κ2) is 9.82. The van der Waals surface area contributed by atoms with E-state index in [9.17, 15) is 19.5 Å². The van der Waals surface area contributed by atoms with E-state index < -0.39 is 18.1 Å². The number of carbonyl (C=O) groups is 3. The van der Waals surface area contributed by atoms with Crippen LogP contribution in [0.15, 0.2) is 28.7 Å². The molecule has 1 aromatic carbocycles. The van der Waals surface area contributed by atoms with Gasteiger partial charge in [-0.3, -0.25) is 9.69 Å². The van der Waals surface area contributed by atoms with E-state index in [0.717, 1.165) is 25.7 Å². The maximum Gasteiger partial charge on any atom is 0.407 e. The minimum Gasteiger partial charge on any atom is -0.465 e. The molecule has 0 spiro atoms. The maximum absolute atomic E-state index is 13.3. The standard InChI is InChI=1S/C24H30N2O7/c1-3-32-23(28)20-13-15-12-16(6-9-19(15)33-20)25-22(27)21-18(10-11-26(21)24(29)30)14-4-7-17(31-2)8-5-14/h6,9,12-14,17-18,21H,3-5,7-8,10-11H2,1-2H3,(H,25,27)(H,29,30)/t14-,17-,18-,21-/m1/s1. The first-order valence-electron chi connectivity index (χ1n) is 11.4. The third-order valence-corrected chi connectivity index (χ3v) is 6.88. The Morgan fingerprint density at radius 2 is 1.91 bits per heavy atom. The summed E-state index contributed by atoms with van der Waals surface area (Å²) < 4.78 is 15.9. The molecule has 2 aliphatic rings. The summed E-state index contributed by atoms with van der Waals surface area (Å²) in [6.45, 7) is 2.31. The molecule has 9 nitrogen and oxygen atoms in total. The molecule has 2 aromatic rings. The van der Waals surface area contributed by atoms with Gasteiger partial charge in [-0.1, -0.05) is 0 Å². The third kappa shape index (κ3) is 4.83. The van der Waals surface area contributed by atoms with E-state index in [2.05, 4.69) is 5.32 Å². The van der Waals surface area contributed by atoms with E-state index >= 15 is 0 Å². The highest BCUT2D eigenvalue weighted by molar-refractivity contribution is 5.99. The number of rotatable bonds is 6. The molecule has 2 fully saturated rings. The fourth-order valence-electron chi connectivity index (χ4n) is 5.25. The number of nitrogens with one attached hydrogen (secondary N) is 1. The second-order valence-corrected chi connectivity index (χ2v) is 8.72. The number of carboxylic acid groups (broad SMARTS) is 1. The number of furan rings is 1. The van der Waals surface area contributed by atoms with Crippen LogP contribution in [0.4, 0.5) is 10.5 Å². The fourth-order valence-corrected chi connectivity index (χ4v) is 5.25. The monoisotopic (exact) mass is 458 g/mol. The Kier molecular flexibility index (Phi) is 6.88. The molecular formula is C24H30N2O7. The largest absolute Gasteiger partial charge is 0.465 e. The topological polar surface area (TPSA) is 118 Å². The molecule has 2 atom stereocenters. The number of anilines is 1. The second-order valence-electron chi connectivity index (χ2n) is 8.72. The molecule has 1 saturated carbocycles. The van der Waals surface area contributed by atoms with Gasteiger partial charge in [-0.25, -0.2) is 9.59 Å². The van der Waals surface area contributed by atoms with Crippen LogP contribution in [0, 0.1) is 11.8 Å². The molecule has 1 saturated heterocycles. The summed E-state index contributed by atoms with van der Waals surface area (Å²) in [6.07, 6.45) is 3.56. The number of ether oxygens (including phenoxy) is 2. The number of benzene rings is 1. The number of nitrogens with zero attached hydrogens (tertiary/aromatic N) is 1. The summed E-state index contributed by atoms with van der Waals surface area (Å²) >= 11 is 0. The van der Waals surface area contributed by atoms with Crippen LogP contribution in [0.2, 0.25) is 0 Å². The van der Waals surface area contributed by atoms with Crippen LogP contribution in [-0.2, 0) is 14.3 Å². The predicted molar refractivity (Wildman–Crippen MR) is 120 cm³/mol. The zero-order chi connectivity index (χ0) is 23.5. The lowest BCUT2D eigenvalue weighted by Crippen LogP contribution is -2.47. The molecule has 178 valence electrons. The van der Waals surface area contributed by atoms with Gasteiger partial charge in [0.2, 0.25) is 11.7 Å². The summed E-state index contributed by atoms with van der Waals surface area (Å²) in [6, 6.07) is 5.89. The number of esters is 1. The Bertz CT molecular complexity index is 1020. The highest BCUT2D eigenvalue weighted by atomic mass is 16.5. The van der Waals surface area contributed by atoms with E-state index in [0.29, 0.717) is 35.5 Å². The normalized spacial score (nSPS) is 25.2. The molecule has 1 aliphatic heterocycles. The molecule has 2 N–H and O–H groups in total. The molecule has 1 aliphatic carbocycles. The minimum atomic E-state index is -1.08. The van der Waals surface area contributed by atoms with Gasteiger partial charge < -0.3 is 24.3 Å². The van der Waals surface area contributed by atoms with Crippen molar-refractivity contribution in [1.29, 1.82) is 0 Å². The van der Waals surface area contributed by atoms with Crippen LogP contribution >= 0.6 is 0 Å². The Balaban J connectivity index is 1.51. The number of hydrogen-bond donors (Lipinski definition) is 2. The molecule has 1 aromatic heterocycles. The molecule has 0 bridgehead atoms. The van der Waals surface area contributed by atoms with Gasteiger partial charge in [-0.15, -0.1) is 0 Å². The quantitative estimate of drug-likeness (QED) is 0.625. The Morgan fingerprint density at radius 3 is 2.58 bits per heavy atom. The fraction of sp³-hybridized carbons (Fsp3) is 0.542. The van der Waals surface area contributed by atoms with Crippen LogP contribution in [0.1, 0.15) is 49.6 Å². The summed E-state index contributed by atoms with van der Waals surface area (Å²) in [5, 5.41) is 13.2. The lowest BCUT2D eigenvalue weighted by molar-refractivity contribution is -0.121. The smallest absolute Gasteiger partial charge is 0.407 e. The van der Waals surface area contributed by atoms with Crippen LogP contribution in [0.5, 0.6) is 0 Å². The zero-order valence-electron chi connectivity index (χ0n) is 18.9. The van der Waals surface area contributed by atoms with Crippen molar-refractivity contribution < 1.29 is 33.4 Å². The number of amides is 2. The number of likely N-dealkylation sites (tertiary alicyclic amines) is 1. The number of hydrogen-bond acceptors (Lipinski definition) is 6. The predicted octanol–water partition coefficient (Wildman–Crippen LogP) is 4.12. The van der Waals surface area contributed by atoms with Crippen molar-refractivity contribution in [2.75, 3.05) is 25.6 Å². The van der Waals surface area contributed by atoms with Gasteiger partial charge in [0.25, 0.3) is 0 Å². The van der Waals surface area contributed by atoms with Crippen molar-refractivity contribution >= 4 is 34.6 Å². The average Bonchev–Trinajstić information content (AvgIpc) is 3.44. The van der Waals surface area contributed by atoms with Gasteiger partial charge in [0.1, 0.15) is 11.6 Å². The van der Waals surface area contributed by atoms with E-state index in [1.165, 1.54) is 4.90 Å². The minimum absolute atomic E-state index is 0.0213. The molecule has 4 rings (SSSR count). The van der Waals surface area contributed by atoms with E-state index in [-0.39, 0.29) is 30.3 Å². The molecule has 0 unspecified atom stereocenters. The molecule has 0 radical (unpaired) electrons. The average molecular weight is 459 g/mol. The van der Waals surface area contributed by atoms with E-state index in [4.69, 9.17) is 13.9 Å². The lowest BCUT2D eigenvalue weighted by Gasteiger charge is -2.35.